The molecule has 1 aliphatic rings. The van der Waals surface area contributed by atoms with Crippen LogP contribution in [0.25, 0.3) is 0 Å². The molecule has 3 heterocycles. The number of pyridine rings is 1. The lowest BCUT2D eigenvalue weighted by Crippen LogP contribution is -2.81. The average molecular weight is 359 g/mol. The van der Waals surface area contributed by atoms with E-state index in [0.29, 0.717) is 18.2 Å². The van der Waals surface area contributed by atoms with Crippen molar-refractivity contribution in [2.24, 2.45) is 11.3 Å². The molecule has 1 aliphatic heterocycles. The van der Waals surface area contributed by atoms with Crippen molar-refractivity contribution >= 4 is 5.97 Å². The monoisotopic (exact) mass is 359 g/mol. The summed E-state index contributed by atoms with van der Waals surface area (Å²) < 4.78 is 0. The molecule has 0 bridgehead atoms. The van der Waals surface area contributed by atoms with E-state index in [4.69, 9.17) is 0 Å². The highest BCUT2D eigenvalue weighted by molar-refractivity contribution is 5.72. The van der Waals surface area contributed by atoms with Gasteiger partial charge in [0.1, 0.15) is 0 Å². The number of aliphatic carboxylic acids is 1. The second kappa shape index (κ2) is 7.49. The maximum atomic E-state index is 12.0. The molecule has 0 saturated carbocycles. The maximum absolute atomic E-state index is 12.0. The van der Waals surface area contributed by atoms with Crippen LogP contribution in [-0.4, -0.2) is 49.8 Å². The number of quaternary nitrogens is 1. The van der Waals surface area contributed by atoms with Gasteiger partial charge in [0.15, 0.2) is 5.82 Å². The van der Waals surface area contributed by atoms with Crippen molar-refractivity contribution in [2.45, 2.75) is 45.4 Å². The number of aromatic nitrogens is 5. The maximum Gasteiger partial charge on any atom is 0.307 e. The number of hydrogen-bond donors (Lipinski definition) is 3. The number of nitrogens with zero attached hydrogens (tertiary/aromatic N) is 4. The quantitative estimate of drug-likeness (QED) is 0.699. The summed E-state index contributed by atoms with van der Waals surface area (Å²) in [6, 6.07) is 4.12. The third kappa shape index (κ3) is 4.07. The molecule has 1 saturated heterocycles. The summed E-state index contributed by atoms with van der Waals surface area (Å²) in [7, 11) is 0. The van der Waals surface area contributed by atoms with E-state index in [1.54, 1.807) is 0 Å². The number of hydrogen-bond acceptors (Lipinski definition) is 5. The van der Waals surface area contributed by atoms with Crippen LogP contribution in [-0.2, 0) is 11.2 Å². The molecule has 0 radical (unpaired) electrons. The molecule has 8 heteroatoms. The number of H-pyrrole nitrogens is 1. The Morgan fingerprint density at radius 2 is 2.23 bits per heavy atom. The van der Waals surface area contributed by atoms with Crippen LogP contribution >= 0.6 is 0 Å². The molecule has 0 amide bonds. The molecular formula is C18H27N6O2+. The van der Waals surface area contributed by atoms with Crippen LogP contribution in [0, 0.1) is 11.3 Å². The Labute approximate surface area is 152 Å². The van der Waals surface area contributed by atoms with E-state index in [2.05, 4.69) is 43.1 Å². The van der Waals surface area contributed by atoms with Crippen molar-refractivity contribution in [3.8, 4) is 0 Å². The second-order valence-corrected chi connectivity index (χ2v) is 8.15. The Kier molecular flexibility index (Phi) is 5.31. The number of nitrogens with two attached hydrogens (primary N) is 1. The molecule has 3 rings (SSSR count). The lowest BCUT2D eigenvalue weighted by atomic mass is 9.71. The fourth-order valence-corrected chi connectivity index (χ4v) is 3.91. The van der Waals surface area contributed by atoms with Crippen molar-refractivity contribution in [3.05, 3.63) is 35.4 Å². The van der Waals surface area contributed by atoms with Gasteiger partial charge >= 0.3 is 5.97 Å². The zero-order valence-electron chi connectivity index (χ0n) is 15.5. The number of nitrogens with one attached hydrogen (secondary N) is 1. The van der Waals surface area contributed by atoms with Crippen LogP contribution in [0.4, 0.5) is 0 Å². The van der Waals surface area contributed by atoms with E-state index >= 15 is 0 Å². The lowest BCUT2D eigenvalue weighted by Gasteiger charge is -2.32. The summed E-state index contributed by atoms with van der Waals surface area (Å²) in [4.78, 5) is 16.6. The van der Waals surface area contributed by atoms with Gasteiger partial charge in [-0.1, -0.05) is 32.1 Å². The molecule has 3 atom stereocenters. The van der Waals surface area contributed by atoms with E-state index in [0.717, 1.165) is 30.8 Å². The highest BCUT2D eigenvalue weighted by Crippen LogP contribution is 2.38. The van der Waals surface area contributed by atoms with E-state index in [1.807, 2.05) is 27.0 Å². The summed E-state index contributed by atoms with van der Waals surface area (Å²) in [5.41, 5.74) is 1.66. The first-order valence-corrected chi connectivity index (χ1v) is 9.09. The molecule has 1 fully saturated rings. The minimum absolute atomic E-state index is 0.376. The van der Waals surface area contributed by atoms with Crippen molar-refractivity contribution in [2.75, 3.05) is 13.1 Å². The minimum atomic E-state index is -0.849. The van der Waals surface area contributed by atoms with Gasteiger partial charge in [0.05, 0.1) is 24.9 Å². The van der Waals surface area contributed by atoms with Crippen LogP contribution in [0.2, 0.25) is 0 Å². The van der Waals surface area contributed by atoms with Gasteiger partial charge in [0.2, 0.25) is 0 Å². The molecule has 4 N–H and O–H groups in total. The Bertz CT molecular complexity index is 717. The number of aromatic amines is 1. The number of carbonyl (C=O) groups is 1. The molecule has 2 unspecified atom stereocenters. The first kappa shape index (κ1) is 18.4. The van der Waals surface area contributed by atoms with Gasteiger partial charge in [-0.25, -0.2) is 0 Å². The van der Waals surface area contributed by atoms with E-state index in [-0.39, 0.29) is 5.92 Å². The number of carboxylic acids is 1. The summed E-state index contributed by atoms with van der Waals surface area (Å²) in [6.45, 7) is 8.02. The highest BCUT2D eigenvalue weighted by Gasteiger charge is 2.41. The van der Waals surface area contributed by atoms with E-state index in [9.17, 15) is 9.90 Å². The van der Waals surface area contributed by atoms with Gasteiger partial charge in [0, 0.05) is 24.2 Å². The van der Waals surface area contributed by atoms with E-state index in [1.165, 1.54) is 0 Å². The van der Waals surface area contributed by atoms with Crippen LogP contribution in [0.15, 0.2) is 18.3 Å². The van der Waals surface area contributed by atoms with Gasteiger partial charge in [-0.3, -0.25) is 9.78 Å². The zero-order valence-corrected chi connectivity index (χ0v) is 15.5. The fraction of sp³-hybridized carbons (Fsp3) is 0.611. The van der Waals surface area contributed by atoms with Crippen molar-refractivity contribution in [1.29, 1.82) is 0 Å². The van der Waals surface area contributed by atoms with Crippen LogP contribution in [0.1, 0.15) is 56.1 Å². The van der Waals surface area contributed by atoms with Crippen molar-refractivity contribution in [3.63, 3.8) is 0 Å². The molecule has 8 nitrogen and oxygen atoms in total. The molecule has 140 valence electrons. The summed E-state index contributed by atoms with van der Waals surface area (Å²) in [5, 5.41) is 26.4. The number of rotatable bonds is 6. The van der Waals surface area contributed by atoms with Gasteiger partial charge in [-0.05, 0) is 23.5 Å². The van der Waals surface area contributed by atoms with Gasteiger partial charge in [-0.15, -0.1) is 10.2 Å². The van der Waals surface area contributed by atoms with Gasteiger partial charge < -0.3 is 10.4 Å². The summed E-state index contributed by atoms with van der Waals surface area (Å²) >= 11 is 0. The van der Waals surface area contributed by atoms with Crippen LogP contribution < -0.4 is 5.32 Å². The van der Waals surface area contributed by atoms with Crippen molar-refractivity contribution < 1.29 is 15.2 Å². The average Bonchev–Trinajstić information content (AvgIpc) is 3.27. The number of tetrazole rings is 1. The fourth-order valence-electron chi connectivity index (χ4n) is 3.91. The smallest absolute Gasteiger partial charge is 0.307 e. The normalized spacial score (nSPS) is 20.0. The Balaban J connectivity index is 1.85. The first-order chi connectivity index (χ1) is 12.4. The zero-order chi connectivity index (χ0) is 18.7. The SMILES string of the molecule is CC(C)(C)C(C(=O)O)[C@H](Cc1ccc(C2CC[NH2+]C2)nc1)c1nn[nH]n1. The molecular weight excluding hydrogens is 332 g/mol. The third-order valence-electron chi connectivity index (χ3n) is 5.19. The predicted molar refractivity (Wildman–Crippen MR) is 94.5 cm³/mol. The summed E-state index contributed by atoms with van der Waals surface area (Å²) in [5.74, 6) is -0.915. The molecule has 2 aromatic rings. The van der Waals surface area contributed by atoms with Crippen LogP contribution in [0.3, 0.4) is 0 Å². The Morgan fingerprint density at radius 3 is 2.73 bits per heavy atom. The van der Waals surface area contributed by atoms with Crippen LogP contribution in [0.5, 0.6) is 0 Å². The van der Waals surface area contributed by atoms with Crippen molar-refractivity contribution in [1.82, 2.24) is 25.6 Å². The lowest BCUT2D eigenvalue weighted by molar-refractivity contribution is -0.636. The first-order valence-electron chi connectivity index (χ1n) is 9.09. The molecule has 2 aromatic heterocycles. The Hall–Kier alpha value is -2.35. The standard InChI is InChI=1S/C18H26N6O2/c1-18(2,3)15(17(25)26)13(16-21-23-24-22-16)8-11-4-5-14(20-9-11)12-6-7-19-10-12/h4-5,9,12-13,15,19H,6-8,10H2,1-3H3,(H,25,26)(H,21,22,23,24)/p+1/t12?,13-,15?/m0/s1. The van der Waals surface area contributed by atoms with E-state index < -0.39 is 17.3 Å². The second-order valence-electron chi connectivity index (χ2n) is 8.15. The van der Waals surface area contributed by atoms with Gasteiger partial charge in [0.25, 0.3) is 0 Å². The third-order valence-corrected chi connectivity index (χ3v) is 5.19. The highest BCUT2D eigenvalue weighted by atomic mass is 16.4. The number of carboxylic acid groups (broad SMARTS) is 1. The molecule has 0 spiro atoms. The Morgan fingerprint density at radius 1 is 1.42 bits per heavy atom. The molecule has 0 aliphatic carbocycles. The molecule has 0 aromatic carbocycles. The molecule has 26 heavy (non-hydrogen) atoms. The predicted octanol–water partition coefficient (Wildman–Crippen LogP) is 0.719. The minimum Gasteiger partial charge on any atom is -0.481 e. The summed E-state index contributed by atoms with van der Waals surface area (Å²) in [6.07, 6.45) is 3.53. The largest absolute Gasteiger partial charge is 0.481 e. The topological polar surface area (TPSA) is 121 Å². The van der Waals surface area contributed by atoms with Gasteiger partial charge in [-0.2, -0.15) is 5.21 Å².